The molecule has 1 fully saturated rings. The number of rotatable bonds is 6. The summed E-state index contributed by atoms with van der Waals surface area (Å²) in [4.78, 5) is 25.4. The molecule has 1 aliphatic carbocycles. The van der Waals surface area contributed by atoms with Gasteiger partial charge in [0.25, 0.3) is 0 Å². The molecule has 0 radical (unpaired) electrons. The van der Waals surface area contributed by atoms with E-state index in [2.05, 4.69) is 24.3 Å². The maximum atomic E-state index is 12.7. The number of esters is 2. The van der Waals surface area contributed by atoms with Gasteiger partial charge in [-0.15, -0.1) is 0 Å². The van der Waals surface area contributed by atoms with Crippen LogP contribution in [-0.2, 0) is 5.41 Å². The van der Waals surface area contributed by atoms with Gasteiger partial charge in [-0.3, -0.25) is 0 Å². The van der Waals surface area contributed by atoms with Gasteiger partial charge >= 0.3 is 11.9 Å². The monoisotopic (exact) mass is 532 g/mol. The Bertz CT molecular complexity index is 1410. The topological polar surface area (TPSA) is 52.6 Å². The second-order valence-corrected chi connectivity index (χ2v) is 11.1. The molecule has 0 N–H and O–H groups in total. The van der Waals surface area contributed by atoms with E-state index in [9.17, 15) is 9.59 Å². The molecule has 4 heteroatoms. The maximum absolute atomic E-state index is 12.7. The Morgan fingerprint density at radius 2 is 0.925 bits per heavy atom. The number of aryl methyl sites for hydroxylation is 4. The lowest BCUT2D eigenvalue weighted by atomic mass is 9.65. The Morgan fingerprint density at radius 3 is 1.30 bits per heavy atom. The van der Waals surface area contributed by atoms with Crippen LogP contribution in [0.3, 0.4) is 0 Å². The van der Waals surface area contributed by atoms with Crippen LogP contribution in [0.2, 0.25) is 0 Å². The normalized spacial score (nSPS) is 14.4. The molecular weight excluding hydrogens is 496 g/mol. The molecule has 1 aliphatic rings. The number of ether oxygens (including phenoxy) is 2. The number of benzene rings is 4. The average molecular weight is 533 g/mol. The molecule has 40 heavy (non-hydrogen) atoms. The van der Waals surface area contributed by atoms with Gasteiger partial charge in [-0.1, -0.05) is 55.7 Å². The molecule has 0 aliphatic heterocycles. The number of hydrogen-bond acceptors (Lipinski definition) is 4. The molecule has 0 bridgehead atoms. The van der Waals surface area contributed by atoms with Crippen molar-refractivity contribution in [3.8, 4) is 11.5 Å². The fourth-order valence-electron chi connectivity index (χ4n) is 5.65. The molecule has 204 valence electrons. The summed E-state index contributed by atoms with van der Waals surface area (Å²) in [6, 6.07) is 27.1. The maximum Gasteiger partial charge on any atom is 0.343 e. The minimum absolute atomic E-state index is 0.133. The van der Waals surface area contributed by atoms with Crippen molar-refractivity contribution < 1.29 is 19.1 Å². The summed E-state index contributed by atoms with van der Waals surface area (Å²) in [6.07, 6.45) is 5.59. The largest absolute Gasteiger partial charge is 0.423 e. The highest BCUT2D eigenvalue weighted by atomic mass is 16.5. The van der Waals surface area contributed by atoms with E-state index >= 15 is 0 Å². The zero-order chi connectivity index (χ0) is 28.3. The zero-order valence-electron chi connectivity index (χ0n) is 23.8. The van der Waals surface area contributed by atoms with E-state index in [4.69, 9.17) is 9.47 Å². The molecule has 4 aromatic rings. The first kappa shape index (κ1) is 27.4. The summed E-state index contributed by atoms with van der Waals surface area (Å²) in [7, 11) is 0. The highest BCUT2D eigenvalue weighted by molar-refractivity contribution is 5.92. The Hall–Kier alpha value is -4.18. The number of hydrogen-bond donors (Lipinski definition) is 0. The van der Waals surface area contributed by atoms with E-state index in [1.165, 1.54) is 17.5 Å². The summed E-state index contributed by atoms with van der Waals surface area (Å²) in [5.74, 6) is 0.362. The van der Waals surface area contributed by atoms with Gasteiger partial charge in [-0.05, 0) is 122 Å². The van der Waals surface area contributed by atoms with Crippen LogP contribution in [0.5, 0.6) is 11.5 Å². The number of carbonyl (C=O) groups excluding carboxylic acids is 2. The van der Waals surface area contributed by atoms with Crippen LogP contribution in [-0.4, -0.2) is 11.9 Å². The fourth-order valence-corrected chi connectivity index (χ4v) is 5.65. The first-order valence-corrected chi connectivity index (χ1v) is 14.1. The van der Waals surface area contributed by atoms with Gasteiger partial charge < -0.3 is 9.47 Å². The fraction of sp³-hybridized carbons (Fsp3) is 0.278. The molecular formula is C36H36O4. The van der Waals surface area contributed by atoms with E-state index in [1.807, 2.05) is 76.2 Å². The molecule has 0 unspecified atom stereocenters. The molecule has 0 spiro atoms. The smallest absolute Gasteiger partial charge is 0.343 e. The van der Waals surface area contributed by atoms with Crippen LogP contribution >= 0.6 is 0 Å². The zero-order valence-corrected chi connectivity index (χ0v) is 23.8. The van der Waals surface area contributed by atoms with Crippen LogP contribution in [0.4, 0.5) is 0 Å². The second-order valence-electron chi connectivity index (χ2n) is 11.1. The van der Waals surface area contributed by atoms with Crippen LogP contribution in [0.15, 0.2) is 84.9 Å². The minimum atomic E-state index is -0.353. The lowest BCUT2D eigenvalue weighted by Gasteiger charge is -2.38. The Morgan fingerprint density at radius 1 is 0.525 bits per heavy atom. The molecule has 0 heterocycles. The third-order valence-corrected chi connectivity index (χ3v) is 8.43. The highest BCUT2D eigenvalue weighted by Crippen LogP contribution is 2.45. The molecule has 4 nitrogen and oxygen atoms in total. The van der Waals surface area contributed by atoms with E-state index in [-0.39, 0.29) is 17.4 Å². The Labute approximate surface area is 237 Å². The molecule has 4 aromatic carbocycles. The predicted octanol–water partition coefficient (Wildman–Crippen LogP) is 8.61. The van der Waals surface area contributed by atoms with Crippen LogP contribution in [0, 0.1) is 27.7 Å². The SMILES string of the molecule is Cc1ccc(C(=O)Oc2ccc(C3(c4ccc(OC(=O)c5ccc(C)c(C)c5)cc4)CCCCC3)cc2)cc1C. The van der Waals surface area contributed by atoms with Gasteiger partial charge in [0.2, 0.25) is 0 Å². The minimum Gasteiger partial charge on any atom is -0.423 e. The van der Waals surface area contributed by atoms with Crippen molar-refractivity contribution in [2.45, 2.75) is 65.2 Å². The van der Waals surface area contributed by atoms with Gasteiger partial charge in [0, 0.05) is 5.41 Å². The molecule has 0 atom stereocenters. The molecule has 0 saturated heterocycles. The number of carbonyl (C=O) groups is 2. The molecule has 1 saturated carbocycles. The van der Waals surface area contributed by atoms with Crippen molar-refractivity contribution in [2.75, 3.05) is 0 Å². The lowest BCUT2D eigenvalue weighted by Crippen LogP contribution is -2.30. The van der Waals surface area contributed by atoms with Gasteiger partial charge in [0.15, 0.2) is 0 Å². The van der Waals surface area contributed by atoms with Gasteiger partial charge in [-0.25, -0.2) is 9.59 Å². The highest BCUT2D eigenvalue weighted by Gasteiger charge is 2.35. The van der Waals surface area contributed by atoms with Crippen LogP contribution < -0.4 is 9.47 Å². The van der Waals surface area contributed by atoms with Crippen molar-refractivity contribution in [3.05, 3.63) is 129 Å². The third-order valence-electron chi connectivity index (χ3n) is 8.43. The van der Waals surface area contributed by atoms with E-state index in [0.717, 1.165) is 47.9 Å². The van der Waals surface area contributed by atoms with E-state index in [1.54, 1.807) is 12.1 Å². The standard InChI is InChI=1S/C36H36O4/c1-24-8-10-28(22-26(24)3)34(37)39-32-16-12-30(13-17-32)36(20-6-5-7-21-36)31-14-18-33(19-15-31)40-35(38)29-11-9-25(2)27(4)23-29/h8-19,22-23H,5-7,20-21H2,1-4H3. The predicted molar refractivity (Wildman–Crippen MR) is 158 cm³/mol. The second kappa shape index (κ2) is 11.5. The average Bonchev–Trinajstić information content (AvgIpc) is 2.97. The first-order valence-electron chi connectivity index (χ1n) is 14.1. The summed E-state index contributed by atoms with van der Waals surface area (Å²) in [6.45, 7) is 8.03. The first-order chi connectivity index (χ1) is 19.2. The molecule has 0 amide bonds. The lowest BCUT2D eigenvalue weighted by molar-refractivity contribution is 0.0725. The van der Waals surface area contributed by atoms with Gasteiger partial charge in [0.05, 0.1) is 11.1 Å². The summed E-state index contributed by atoms with van der Waals surface area (Å²) >= 11 is 0. The molecule has 0 aromatic heterocycles. The van der Waals surface area contributed by atoms with Crippen molar-refractivity contribution in [1.29, 1.82) is 0 Å². The Balaban J connectivity index is 1.34. The third kappa shape index (κ3) is 5.72. The van der Waals surface area contributed by atoms with Crippen LogP contribution in [0.25, 0.3) is 0 Å². The van der Waals surface area contributed by atoms with Gasteiger partial charge in [0.1, 0.15) is 11.5 Å². The summed E-state index contributed by atoms with van der Waals surface area (Å²) in [5.41, 5.74) is 7.80. The van der Waals surface area contributed by atoms with Crippen molar-refractivity contribution in [2.24, 2.45) is 0 Å². The summed E-state index contributed by atoms with van der Waals surface area (Å²) in [5, 5.41) is 0. The van der Waals surface area contributed by atoms with Gasteiger partial charge in [-0.2, -0.15) is 0 Å². The van der Waals surface area contributed by atoms with Crippen molar-refractivity contribution in [3.63, 3.8) is 0 Å². The van der Waals surface area contributed by atoms with E-state index in [0.29, 0.717) is 22.6 Å². The van der Waals surface area contributed by atoms with Crippen LogP contribution in [0.1, 0.15) is 86.2 Å². The quantitative estimate of drug-likeness (QED) is 0.184. The molecule has 5 rings (SSSR count). The van der Waals surface area contributed by atoms with Crippen molar-refractivity contribution >= 4 is 11.9 Å². The Kier molecular flexibility index (Phi) is 7.88. The van der Waals surface area contributed by atoms with Crippen molar-refractivity contribution in [1.82, 2.24) is 0 Å². The van der Waals surface area contributed by atoms with E-state index < -0.39 is 0 Å². The summed E-state index contributed by atoms with van der Waals surface area (Å²) < 4.78 is 11.4.